The quantitative estimate of drug-likeness (QED) is 0.646. The zero-order chi connectivity index (χ0) is 7.40. The Kier molecular flexibility index (Phi) is 2.57. The van der Waals surface area contributed by atoms with Gasteiger partial charge in [0.25, 0.3) is 0 Å². The van der Waals surface area contributed by atoms with E-state index >= 15 is 0 Å². The summed E-state index contributed by atoms with van der Waals surface area (Å²) in [6.07, 6.45) is 7.89. The molecule has 0 saturated carbocycles. The van der Waals surface area contributed by atoms with E-state index in [1.165, 1.54) is 0 Å². The normalized spacial score (nSPS) is 11.0. The highest BCUT2D eigenvalue weighted by molar-refractivity contribution is 8.01. The Morgan fingerprint density at radius 2 is 2.50 bits per heavy atom. The number of hydrogen-bond donors (Lipinski definition) is 0. The van der Waals surface area contributed by atoms with Crippen molar-refractivity contribution in [3.63, 3.8) is 0 Å². The molecule has 1 aromatic rings. The minimum atomic E-state index is 1.15. The van der Waals surface area contributed by atoms with Crippen molar-refractivity contribution in [2.24, 2.45) is 7.05 Å². The lowest BCUT2D eigenvalue weighted by Gasteiger charge is -1.81. The molecule has 2 nitrogen and oxygen atoms in total. The number of rotatable bonds is 2. The average Bonchev–Trinajstić information content (AvgIpc) is 2.31. The number of nitrogens with zero attached hydrogens (tertiary/aromatic N) is 2. The van der Waals surface area contributed by atoms with Crippen LogP contribution in [0.5, 0.6) is 0 Å². The maximum atomic E-state index is 4.03. The summed E-state index contributed by atoms with van der Waals surface area (Å²) in [5.74, 6) is 0. The third kappa shape index (κ3) is 1.92. The summed E-state index contributed by atoms with van der Waals surface area (Å²) in [6.45, 7) is 0. The first kappa shape index (κ1) is 7.41. The van der Waals surface area contributed by atoms with Crippen molar-refractivity contribution in [2.75, 3.05) is 6.26 Å². The fourth-order valence-electron chi connectivity index (χ4n) is 0.673. The van der Waals surface area contributed by atoms with Crippen LogP contribution in [-0.4, -0.2) is 16.0 Å². The topological polar surface area (TPSA) is 17.8 Å². The van der Waals surface area contributed by atoms with E-state index in [0.717, 1.165) is 5.56 Å². The molecule has 0 radical (unpaired) electrons. The molecule has 0 unspecified atom stereocenters. The smallest absolute Gasteiger partial charge is 0.0562 e. The lowest BCUT2D eigenvalue weighted by molar-refractivity contribution is 0.767. The minimum absolute atomic E-state index is 1.15. The SMILES string of the molecule is CS/C=C/c1cnn(C)c1. The molecule has 0 fully saturated rings. The Morgan fingerprint density at radius 3 is 3.00 bits per heavy atom. The van der Waals surface area contributed by atoms with Crippen LogP contribution in [0.25, 0.3) is 6.08 Å². The van der Waals surface area contributed by atoms with Gasteiger partial charge in [0, 0.05) is 18.8 Å². The Bertz CT molecular complexity index is 227. The molecule has 1 aromatic heterocycles. The van der Waals surface area contributed by atoms with Gasteiger partial charge in [-0.2, -0.15) is 5.10 Å². The Hall–Kier alpha value is -0.700. The van der Waals surface area contributed by atoms with E-state index in [-0.39, 0.29) is 0 Å². The van der Waals surface area contributed by atoms with Gasteiger partial charge in [-0.05, 0) is 17.7 Å². The van der Waals surface area contributed by atoms with Gasteiger partial charge in [0.2, 0.25) is 0 Å². The van der Waals surface area contributed by atoms with Crippen molar-refractivity contribution in [1.82, 2.24) is 9.78 Å². The highest BCUT2D eigenvalue weighted by Crippen LogP contribution is 2.03. The van der Waals surface area contributed by atoms with Crippen molar-refractivity contribution in [1.29, 1.82) is 0 Å². The van der Waals surface area contributed by atoms with Crippen LogP contribution in [-0.2, 0) is 7.05 Å². The van der Waals surface area contributed by atoms with Crippen molar-refractivity contribution in [3.8, 4) is 0 Å². The molecule has 1 rings (SSSR count). The van der Waals surface area contributed by atoms with Crippen LogP contribution in [0.3, 0.4) is 0 Å². The number of aryl methyl sites for hydroxylation is 1. The van der Waals surface area contributed by atoms with Crippen LogP contribution in [0.1, 0.15) is 5.56 Å². The molecule has 0 N–H and O–H groups in total. The molecule has 54 valence electrons. The molecular formula is C7H10N2S. The second-order valence-corrected chi connectivity index (χ2v) is 2.73. The molecule has 0 aromatic carbocycles. The van der Waals surface area contributed by atoms with E-state index in [1.54, 1.807) is 16.4 Å². The molecule has 0 amide bonds. The van der Waals surface area contributed by atoms with Gasteiger partial charge in [-0.3, -0.25) is 4.68 Å². The average molecular weight is 154 g/mol. The summed E-state index contributed by atoms with van der Waals surface area (Å²) >= 11 is 1.69. The van der Waals surface area contributed by atoms with Gasteiger partial charge in [0.15, 0.2) is 0 Å². The Labute approximate surface area is 64.9 Å². The number of hydrogen-bond acceptors (Lipinski definition) is 2. The molecule has 3 heteroatoms. The summed E-state index contributed by atoms with van der Waals surface area (Å²) < 4.78 is 1.79. The summed E-state index contributed by atoms with van der Waals surface area (Å²) in [4.78, 5) is 0. The van der Waals surface area contributed by atoms with Gasteiger partial charge >= 0.3 is 0 Å². The fourth-order valence-corrected chi connectivity index (χ4v) is 0.966. The van der Waals surface area contributed by atoms with Gasteiger partial charge in [0.1, 0.15) is 0 Å². The third-order valence-corrected chi connectivity index (χ3v) is 1.53. The maximum absolute atomic E-state index is 4.03. The van der Waals surface area contributed by atoms with E-state index in [0.29, 0.717) is 0 Å². The summed E-state index contributed by atoms with van der Waals surface area (Å²) in [5.41, 5.74) is 1.15. The van der Waals surface area contributed by atoms with Crippen LogP contribution in [0.4, 0.5) is 0 Å². The molecule has 0 aliphatic carbocycles. The molecule has 0 aliphatic heterocycles. The van der Waals surface area contributed by atoms with Crippen molar-refractivity contribution in [3.05, 3.63) is 23.4 Å². The molecule has 0 aliphatic rings. The molecule has 0 spiro atoms. The highest BCUT2D eigenvalue weighted by atomic mass is 32.2. The predicted octanol–water partition coefficient (Wildman–Crippen LogP) is 1.75. The van der Waals surface area contributed by atoms with Crippen molar-refractivity contribution < 1.29 is 0 Å². The van der Waals surface area contributed by atoms with Gasteiger partial charge in [0.05, 0.1) is 6.20 Å². The lowest BCUT2D eigenvalue weighted by atomic mass is 10.4. The van der Waals surface area contributed by atoms with Crippen molar-refractivity contribution in [2.45, 2.75) is 0 Å². The number of thioether (sulfide) groups is 1. The van der Waals surface area contributed by atoms with Crippen LogP contribution < -0.4 is 0 Å². The van der Waals surface area contributed by atoms with Gasteiger partial charge in [-0.1, -0.05) is 0 Å². The van der Waals surface area contributed by atoms with Crippen LogP contribution in [0, 0.1) is 0 Å². The Balaban J connectivity index is 2.67. The van der Waals surface area contributed by atoms with E-state index in [4.69, 9.17) is 0 Å². The van der Waals surface area contributed by atoms with Gasteiger partial charge in [-0.25, -0.2) is 0 Å². The zero-order valence-electron chi connectivity index (χ0n) is 6.11. The zero-order valence-corrected chi connectivity index (χ0v) is 6.93. The fraction of sp³-hybridized carbons (Fsp3) is 0.286. The molecule has 0 bridgehead atoms. The van der Waals surface area contributed by atoms with E-state index in [1.807, 2.05) is 37.2 Å². The molecule has 0 atom stereocenters. The second kappa shape index (κ2) is 3.46. The summed E-state index contributed by atoms with van der Waals surface area (Å²) in [7, 11) is 1.91. The van der Waals surface area contributed by atoms with Gasteiger partial charge < -0.3 is 0 Å². The maximum Gasteiger partial charge on any atom is 0.0562 e. The van der Waals surface area contributed by atoms with Crippen LogP contribution in [0.2, 0.25) is 0 Å². The lowest BCUT2D eigenvalue weighted by Crippen LogP contribution is -1.83. The largest absolute Gasteiger partial charge is 0.275 e. The van der Waals surface area contributed by atoms with E-state index in [9.17, 15) is 0 Å². The predicted molar refractivity (Wildman–Crippen MR) is 45.8 cm³/mol. The van der Waals surface area contributed by atoms with E-state index < -0.39 is 0 Å². The van der Waals surface area contributed by atoms with Crippen molar-refractivity contribution >= 4 is 17.8 Å². The molecule has 1 heterocycles. The minimum Gasteiger partial charge on any atom is -0.275 e. The highest BCUT2D eigenvalue weighted by Gasteiger charge is 1.87. The molecular weight excluding hydrogens is 144 g/mol. The third-order valence-electron chi connectivity index (χ3n) is 1.12. The summed E-state index contributed by atoms with van der Waals surface area (Å²) in [6, 6.07) is 0. The Morgan fingerprint density at radius 1 is 1.70 bits per heavy atom. The van der Waals surface area contributed by atoms with Crippen LogP contribution in [0.15, 0.2) is 17.8 Å². The van der Waals surface area contributed by atoms with Gasteiger partial charge in [-0.15, -0.1) is 11.8 Å². The monoisotopic (exact) mass is 154 g/mol. The standard InChI is InChI=1S/C7H10N2S/c1-9-6-7(5-8-9)3-4-10-2/h3-6H,1-2H3/b4-3+. The molecule has 10 heavy (non-hydrogen) atoms. The first-order valence-corrected chi connectivity index (χ1v) is 4.29. The number of aromatic nitrogens is 2. The first-order valence-electron chi connectivity index (χ1n) is 3.01. The first-order chi connectivity index (χ1) is 4.83. The second-order valence-electron chi connectivity index (χ2n) is 1.99. The van der Waals surface area contributed by atoms with Crippen LogP contribution >= 0.6 is 11.8 Å². The van der Waals surface area contributed by atoms with E-state index in [2.05, 4.69) is 5.10 Å². The molecule has 0 saturated heterocycles. The summed E-state index contributed by atoms with van der Waals surface area (Å²) in [5, 5.41) is 6.06.